The van der Waals surface area contributed by atoms with Crippen LogP contribution in [0.2, 0.25) is 0 Å². The minimum Gasteiger partial charge on any atom is -0.857 e. The first-order valence-electron chi connectivity index (χ1n) is 0.408. The third-order valence-corrected chi connectivity index (χ3v) is 0. The second-order valence-electron chi connectivity index (χ2n) is 0. The molecule has 0 aromatic carbocycles. The average Bonchev–Trinajstić information content (AvgIpc) is 1.00. The summed E-state index contributed by atoms with van der Waals surface area (Å²) in [6.07, 6.45) is 0. The second kappa shape index (κ2) is 23.8. The molecule has 0 fully saturated rings. The van der Waals surface area contributed by atoms with Crippen LogP contribution in [0.5, 0.6) is 0 Å². The fraction of sp³-hybridized carbons (Fsp3) is 1.00. The van der Waals surface area contributed by atoms with E-state index < -0.39 is 0 Å². The normalized spacial score (nSPS) is 1.50. The van der Waals surface area contributed by atoms with Crippen molar-refractivity contribution in [3.63, 3.8) is 0 Å². The van der Waals surface area contributed by atoms with Gasteiger partial charge in [0.25, 0.3) is 0 Å². The van der Waals surface area contributed by atoms with E-state index in [9.17, 15) is 0 Å². The van der Waals surface area contributed by atoms with E-state index in [4.69, 9.17) is 5.11 Å². The Kier molecular flexibility index (Phi) is 105. The van der Waals surface area contributed by atoms with E-state index in [-0.39, 0.29) is 56.9 Å². The molecule has 0 amide bonds. The molecule has 0 heterocycles. The maximum atomic E-state index is 8.25. The molecule has 2 N–H and O–H groups in total. The summed E-state index contributed by atoms with van der Waals surface area (Å²) >= 11 is 0. The number of rotatable bonds is 0. The van der Waals surface area contributed by atoms with E-state index in [0.717, 1.165) is 7.11 Å². The van der Waals surface area contributed by atoms with Crippen LogP contribution in [0, 0.1) is 0 Å². The molecule has 0 rings (SSSR count). The Morgan fingerprint density at radius 3 is 1.25 bits per heavy atom. The summed E-state index contributed by atoms with van der Waals surface area (Å²) in [5.74, 6) is 0. The first-order valence-corrected chi connectivity index (χ1v) is 0.408. The molecule has 0 aliphatic rings. The van der Waals surface area contributed by atoms with Gasteiger partial charge in [-0.1, -0.05) is 0 Å². The fourth-order valence-electron chi connectivity index (χ4n) is 0. The van der Waals surface area contributed by atoms with Crippen LogP contribution in [-0.2, 0) is 0 Å². The van der Waals surface area contributed by atoms with Crippen molar-refractivity contribution in [2.24, 2.45) is 0 Å². The minimum absolute atomic E-state index is 0. The third kappa shape index (κ3) is 9.59. The van der Waals surface area contributed by atoms with Gasteiger partial charge in [-0.25, -0.2) is 0 Å². The molecule has 0 aromatic rings. The summed E-state index contributed by atoms with van der Waals surface area (Å²) in [5, 5.41) is 8.25. The van der Waals surface area contributed by atoms with Gasteiger partial charge in [-0.05, 0) is 0 Å². The van der Waals surface area contributed by atoms with Crippen LogP contribution in [0.3, 0.4) is 0 Å². The molecule has 3 heteroatoms. The largest absolute Gasteiger partial charge is 1.00 e. The standard InChI is InChI=1S/CH3O.K.H2O/c1-2;;/h1H3;;1H2/q-1;+1;. The Morgan fingerprint density at radius 1 is 1.25 bits per heavy atom. The van der Waals surface area contributed by atoms with Crippen LogP contribution < -0.4 is 56.5 Å². The van der Waals surface area contributed by atoms with Crippen LogP contribution in [0.1, 0.15) is 0 Å². The van der Waals surface area contributed by atoms with Crippen molar-refractivity contribution in [2.75, 3.05) is 7.11 Å². The molecule has 4 heavy (non-hydrogen) atoms. The van der Waals surface area contributed by atoms with Gasteiger partial charge in [-0.3, -0.25) is 0 Å². The molecule has 0 spiro atoms. The zero-order valence-corrected chi connectivity index (χ0v) is 6.03. The van der Waals surface area contributed by atoms with E-state index in [0.29, 0.717) is 0 Å². The Hall–Kier alpha value is 1.56. The zero-order valence-electron chi connectivity index (χ0n) is 2.91. The number of hydrogen-bond acceptors (Lipinski definition) is 1. The maximum absolute atomic E-state index is 8.25. The van der Waals surface area contributed by atoms with Crippen molar-refractivity contribution in [3.8, 4) is 0 Å². The van der Waals surface area contributed by atoms with Crippen molar-refractivity contribution in [3.05, 3.63) is 0 Å². The van der Waals surface area contributed by atoms with Gasteiger partial charge in [-0.2, -0.15) is 7.11 Å². The molecule has 0 saturated heterocycles. The fourth-order valence-corrected chi connectivity index (χ4v) is 0. The number of hydrogen-bond donors (Lipinski definition) is 0. The second-order valence-corrected chi connectivity index (χ2v) is 0. The SMILES string of the molecule is C[O-].O.[K+]. The molecule has 22 valence electrons. The van der Waals surface area contributed by atoms with E-state index in [1.807, 2.05) is 0 Å². The van der Waals surface area contributed by atoms with Crippen molar-refractivity contribution < 1.29 is 62.0 Å². The van der Waals surface area contributed by atoms with Gasteiger partial charge in [-0.15, -0.1) is 0 Å². The predicted octanol–water partition coefficient (Wildman–Crippen LogP) is -4.84. The van der Waals surface area contributed by atoms with E-state index >= 15 is 0 Å². The third-order valence-electron chi connectivity index (χ3n) is 0. The predicted molar refractivity (Wildman–Crippen MR) is 9.54 cm³/mol. The molecule has 0 saturated carbocycles. The molecule has 0 atom stereocenters. The van der Waals surface area contributed by atoms with Gasteiger partial charge in [0.2, 0.25) is 0 Å². The van der Waals surface area contributed by atoms with Crippen LogP contribution >= 0.6 is 0 Å². The summed E-state index contributed by atoms with van der Waals surface area (Å²) in [5.41, 5.74) is 0. The smallest absolute Gasteiger partial charge is 0.857 e. The van der Waals surface area contributed by atoms with Gasteiger partial charge >= 0.3 is 51.4 Å². The van der Waals surface area contributed by atoms with Crippen LogP contribution in [0.15, 0.2) is 0 Å². The molecule has 0 aliphatic heterocycles. The Morgan fingerprint density at radius 2 is 1.25 bits per heavy atom. The zero-order chi connectivity index (χ0) is 2.00. The quantitative estimate of drug-likeness (QED) is 0.274. The molecular weight excluding hydrogens is 83.1 g/mol. The molecule has 0 radical (unpaired) electrons. The molecule has 0 bridgehead atoms. The van der Waals surface area contributed by atoms with E-state index in [2.05, 4.69) is 0 Å². The summed E-state index contributed by atoms with van der Waals surface area (Å²) in [6.45, 7) is 0. The van der Waals surface area contributed by atoms with Gasteiger partial charge in [0.15, 0.2) is 0 Å². The summed E-state index contributed by atoms with van der Waals surface area (Å²) in [6, 6.07) is 0. The first-order chi connectivity index (χ1) is 1.00. The average molecular weight is 88.1 g/mol. The van der Waals surface area contributed by atoms with Crippen LogP contribution in [-0.4, -0.2) is 12.6 Å². The van der Waals surface area contributed by atoms with Crippen LogP contribution in [0.25, 0.3) is 0 Å². The summed E-state index contributed by atoms with van der Waals surface area (Å²) in [4.78, 5) is 0. The van der Waals surface area contributed by atoms with Crippen molar-refractivity contribution in [1.29, 1.82) is 0 Å². The Bertz CT molecular complexity index is 6.00. The molecule has 0 aromatic heterocycles. The summed E-state index contributed by atoms with van der Waals surface area (Å²) in [7, 11) is 0.750. The van der Waals surface area contributed by atoms with Gasteiger partial charge in [0, 0.05) is 0 Å². The molecule has 0 aliphatic carbocycles. The van der Waals surface area contributed by atoms with Crippen molar-refractivity contribution >= 4 is 0 Å². The molecular formula is CH5KO2. The first kappa shape index (κ1) is 17.7. The monoisotopic (exact) mass is 88.0 g/mol. The minimum atomic E-state index is 0. The summed E-state index contributed by atoms with van der Waals surface area (Å²) < 4.78 is 0. The molecule has 2 nitrogen and oxygen atoms in total. The topological polar surface area (TPSA) is 54.6 Å². The van der Waals surface area contributed by atoms with Crippen LogP contribution in [0.4, 0.5) is 0 Å². The van der Waals surface area contributed by atoms with E-state index in [1.54, 1.807) is 0 Å². The maximum Gasteiger partial charge on any atom is 1.00 e. The molecule has 0 unspecified atom stereocenters. The van der Waals surface area contributed by atoms with Gasteiger partial charge in [0.05, 0.1) is 0 Å². The van der Waals surface area contributed by atoms with E-state index in [1.165, 1.54) is 0 Å². The Labute approximate surface area is 67.9 Å². The van der Waals surface area contributed by atoms with Crippen molar-refractivity contribution in [2.45, 2.75) is 0 Å². The van der Waals surface area contributed by atoms with Gasteiger partial charge in [0.1, 0.15) is 0 Å². The Balaban J connectivity index is -0.00000000500. The van der Waals surface area contributed by atoms with Gasteiger partial charge < -0.3 is 10.6 Å². The van der Waals surface area contributed by atoms with Crippen molar-refractivity contribution in [1.82, 2.24) is 0 Å².